The second-order valence-electron chi connectivity index (χ2n) is 14.8. The molecule has 0 bridgehead atoms. The van der Waals surface area contributed by atoms with Crippen LogP contribution in [0.15, 0.2) is 30.9 Å². The minimum atomic E-state index is -4.99. The molecule has 10 nitrogen and oxygen atoms in total. The molecule has 3 aromatic heterocycles. The molecule has 280 valence electrons. The predicted octanol–water partition coefficient (Wildman–Crippen LogP) is 7.65. The SMILES string of the molecule is [C-]#[N+]CC1(C2CCC(c3ncnc4c3ccn4COC(=O)CCCCCCCC)C2)CN(C2CCN(C(=O)c3ccnc(C(F)(F)F)c3F)CC2)C1. The number of amides is 1. The lowest BCUT2D eigenvalue weighted by Crippen LogP contribution is -2.65. The normalized spacial score (nSPS) is 20.9. The second-order valence-corrected chi connectivity index (χ2v) is 14.8. The number of carbonyl (C=O) groups excluding carboxylic acids is 2. The molecule has 2 aliphatic heterocycles. The van der Waals surface area contributed by atoms with Gasteiger partial charge in [-0.25, -0.2) is 25.9 Å². The molecular formula is C38H47F4N7O3. The van der Waals surface area contributed by atoms with Crippen LogP contribution in [0.1, 0.15) is 112 Å². The zero-order valence-electron chi connectivity index (χ0n) is 29.7. The van der Waals surface area contributed by atoms with E-state index in [1.54, 1.807) is 6.33 Å². The summed E-state index contributed by atoms with van der Waals surface area (Å²) in [4.78, 5) is 45.3. The zero-order chi connectivity index (χ0) is 36.9. The maximum Gasteiger partial charge on any atom is 0.436 e. The minimum absolute atomic E-state index is 0.110. The van der Waals surface area contributed by atoms with Crippen LogP contribution in [0.5, 0.6) is 0 Å². The van der Waals surface area contributed by atoms with Crippen LogP contribution in [0.4, 0.5) is 17.6 Å². The molecule has 1 aliphatic carbocycles. The Morgan fingerprint density at radius 2 is 1.77 bits per heavy atom. The lowest BCUT2D eigenvalue weighted by atomic mass is 9.67. The summed E-state index contributed by atoms with van der Waals surface area (Å²) in [6, 6.07) is 3.17. The summed E-state index contributed by atoms with van der Waals surface area (Å²) >= 11 is 0. The van der Waals surface area contributed by atoms with Crippen LogP contribution in [-0.2, 0) is 22.4 Å². The van der Waals surface area contributed by atoms with Gasteiger partial charge in [-0.3, -0.25) is 19.1 Å². The van der Waals surface area contributed by atoms with Crippen LogP contribution in [0, 0.1) is 23.7 Å². The number of hydrogen-bond acceptors (Lipinski definition) is 7. The third-order valence-corrected chi connectivity index (χ3v) is 11.5. The smallest absolute Gasteiger partial charge is 0.436 e. The predicted molar refractivity (Wildman–Crippen MR) is 185 cm³/mol. The monoisotopic (exact) mass is 725 g/mol. The summed E-state index contributed by atoms with van der Waals surface area (Å²) in [6.07, 6.45) is 10.5. The van der Waals surface area contributed by atoms with Gasteiger partial charge in [0.1, 0.15) is 12.0 Å². The van der Waals surface area contributed by atoms with Gasteiger partial charge in [0, 0.05) is 62.3 Å². The molecule has 3 aliphatic rings. The Hall–Kier alpha value is -4.12. The first-order valence-corrected chi connectivity index (χ1v) is 18.6. The Kier molecular flexibility index (Phi) is 11.8. The van der Waals surface area contributed by atoms with Crippen molar-refractivity contribution in [1.29, 1.82) is 0 Å². The van der Waals surface area contributed by atoms with Gasteiger partial charge in [0.15, 0.2) is 18.2 Å². The molecular weight excluding hydrogens is 678 g/mol. The van der Waals surface area contributed by atoms with Gasteiger partial charge in [-0.15, -0.1) is 0 Å². The van der Waals surface area contributed by atoms with Gasteiger partial charge in [-0.2, -0.15) is 13.2 Å². The summed E-state index contributed by atoms with van der Waals surface area (Å²) in [5.41, 5.74) is -0.706. The number of halogens is 4. The summed E-state index contributed by atoms with van der Waals surface area (Å²) in [5, 5.41) is 0.956. The van der Waals surface area contributed by atoms with E-state index in [0.717, 1.165) is 80.6 Å². The van der Waals surface area contributed by atoms with Crippen LogP contribution in [0.2, 0.25) is 0 Å². The first-order chi connectivity index (χ1) is 25.0. The van der Waals surface area contributed by atoms with Crippen molar-refractivity contribution in [2.45, 2.75) is 109 Å². The highest BCUT2D eigenvalue weighted by Crippen LogP contribution is 2.52. The number of fused-ring (bicyclic) bond motifs is 1. The fourth-order valence-corrected chi connectivity index (χ4v) is 8.58. The average Bonchev–Trinajstić information content (AvgIpc) is 3.78. The van der Waals surface area contributed by atoms with Crippen molar-refractivity contribution in [1.82, 2.24) is 29.3 Å². The number of likely N-dealkylation sites (tertiary alicyclic amines) is 2. The van der Waals surface area contributed by atoms with Crippen molar-refractivity contribution in [3.8, 4) is 0 Å². The van der Waals surface area contributed by atoms with E-state index in [4.69, 9.17) is 16.3 Å². The fraction of sp³-hybridized carbons (Fsp3) is 0.632. The van der Waals surface area contributed by atoms with Crippen LogP contribution in [-0.4, -0.2) is 80.0 Å². The number of pyridine rings is 1. The molecule has 2 saturated heterocycles. The highest BCUT2D eigenvalue weighted by Gasteiger charge is 2.55. The number of esters is 1. The van der Waals surface area contributed by atoms with Gasteiger partial charge in [-0.05, 0) is 56.6 Å². The summed E-state index contributed by atoms with van der Waals surface area (Å²) < 4.78 is 61.5. The van der Waals surface area contributed by atoms with Gasteiger partial charge < -0.3 is 14.5 Å². The Bertz CT molecular complexity index is 1760. The highest BCUT2D eigenvalue weighted by atomic mass is 19.4. The van der Waals surface area contributed by atoms with E-state index in [-0.39, 0.29) is 30.1 Å². The largest absolute Gasteiger partial charge is 0.444 e. The molecule has 2 unspecified atom stereocenters. The van der Waals surface area contributed by atoms with Crippen LogP contribution in [0.25, 0.3) is 15.9 Å². The number of hydrogen-bond donors (Lipinski definition) is 0. The van der Waals surface area contributed by atoms with Crippen molar-refractivity contribution in [2.75, 3.05) is 32.7 Å². The fourth-order valence-electron chi connectivity index (χ4n) is 8.58. The zero-order valence-corrected chi connectivity index (χ0v) is 29.7. The molecule has 5 heterocycles. The minimum Gasteiger partial charge on any atom is -0.444 e. The number of aromatic nitrogens is 4. The van der Waals surface area contributed by atoms with Gasteiger partial charge in [0.2, 0.25) is 6.54 Å². The molecule has 14 heteroatoms. The van der Waals surface area contributed by atoms with Crippen LogP contribution in [0.3, 0.4) is 0 Å². The molecule has 3 aromatic rings. The van der Waals surface area contributed by atoms with E-state index in [9.17, 15) is 27.2 Å². The number of rotatable bonds is 14. The van der Waals surface area contributed by atoms with Crippen molar-refractivity contribution in [2.24, 2.45) is 11.3 Å². The third kappa shape index (κ3) is 8.09. The van der Waals surface area contributed by atoms with Crippen LogP contribution < -0.4 is 0 Å². The molecule has 0 radical (unpaired) electrons. The maximum absolute atomic E-state index is 14.6. The van der Waals surface area contributed by atoms with E-state index >= 15 is 0 Å². The Morgan fingerprint density at radius 1 is 1.02 bits per heavy atom. The molecule has 3 fully saturated rings. The van der Waals surface area contributed by atoms with Gasteiger partial charge in [0.25, 0.3) is 5.91 Å². The highest BCUT2D eigenvalue weighted by molar-refractivity contribution is 5.94. The molecule has 0 N–H and O–H groups in total. The number of piperidine rings is 1. The standard InChI is InChI=1S/C38H47F4N7O3/c1-3-4-5-6-7-8-9-31(50)52-25-48-19-15-30-33(45-24-46-35(30)48)26-10-11-27(20-26)37(21-43-2)22-49(23-37)28-13-17-47(18-14-28)36(51)29-12-16-44-34(32(29)39)38(40,41)42/h12,15-16,19,24,26-28H,3-11,13-14,17-18,20-23,25H2,1H3. The Morgan fingerprint density at radius 3 is 2.50 bits per heavy atom. The molecule has 2 atom stereocenters. The average molecular weight is 726 g/mol. The molecule has 0 aromatic carbocycles. The molecule has 0 spiro atoms. The van der Waals surface area contributed by atoms with Gasteiger partial charge >= 0.3 is 12.1 Å². The lowest BCUT2D eigenvalue weighted by Gasteiger charge is -2.55. The number of carbonyl (C=O) groups is 2. The number of unbranched alkanes of at least 4 members (excludes halogenated alkanes) is 5. The summed E-state index contributed by atoms with van der Waals surface area (Å²) in [6.45, 7) is 12.7. The first kappa shape index (κ1) is 37.6. The van der Waals surface area contributed by atoms with Gasteiger partial charge in [0.05, 0.1) is 16.7 Å². The van der Waals surface area contributed by atoms with Crippen molar-refractivity contribution >= 4 is 22.9 Å². The number of alkyl halides is 3. The third-order valence-electron chi connectivity index (χ3n) is 11.5. The van der Waals surface area contributed by atoms with Crippen molar-refractivity contribution in [3.05, 3.63) is 65.0 Å². The number of nitrogens with zero attached hydrogens (tertiary/aromatic N) is 7. The van der Waals surface area contributed by atoms with Gasteiger partial charge in [-0.1, -0.05) is 39.0 Å². The maximum atomic E-state index is 14.6. The Labute approximate surface area is 301 Å². The molecule has 1 saturated carbocycles. The Balaban J connectivity index is 1.01. The van der Waals surface area contributed by atoms with E-state index < -0.39 is 29.2 Å². The van der Waals surface area contributed by atoms with Crippen LogP contribution >= 0.6 is 0 Å². The summed E-state index contributed by atoms with van der Waals surface area (Å²) in [5.74, 6) is -2.03. The molecule has 6 rings (SSSR count). The molecule has 52 heavy (non-hydrogen) atoms. The second kappa shape index (κ2) is 16.3. The van der Waals surface area contributed by atoms with E-state index in [1.807, 2.05) is 16.8 Å². The summed E-state index contributed by atoms with van der Waals surface area (Å²) in [7, 11) is 0. The lowest BCUT2D eigenvalue weighted by molar-refractivity contribution is -0.147. The topological polar surface area (TPSA) is 97.8 Å². The number of ether oxygens (including phenoxy) is 1. The van der Waals surface area contributed by atoms with Crippen molar-refractivity contribution in [3.63, 3.8) is 0 Å². The van der Waals surface area contributed by atoms with E-state index in [1.165, 1.54) is 24.2 Å². The first-order valence-electron chi connectivity index (χ1n) is 18.6. The van der Waals surface area contributed by atoms with Crippen molar-refractivity contribution < 1.29 is 31.9 Å². The quantitative estimate of drug-likeness (QED) is 0.0729. The van der Waals surface area contributed by atoms with E-state index in [2.05, 4.69) is 26.6 Å². The van der Waals surface area contributed by atoms with E-state index in [0.29, 0.717) is 44.8 Å². The molecule has 1 amide bonds.